The van der Waals surface area contributed by atoms with Gasteiger partial charge in [-0.25, -0.2) is 4.98 Å². The normalized spacial score (nSPS) is 15.3. The van der Waals surface area contributed by atoms with E-state index in [1.54, 1.807) is 0 Å². The summed E-state index contributed by atoms with van der Waals surface area (Å²) >= 11 is 0. The highest BCUT2D eigenvalue weighted by molar-refractivity contribution is 5.41. The van der Waals surface area contributed by atoms with Crippen molar-refractivity contribution >= 4 is 5.82 Å². The van der Waals surface area contributed by atoms with Gasteiger partial charge in [-0.3, -0.25) is 0 Å². The van der Waals surface area contributed by atoms with Gasteiger partial charge in [0.2, 0.25) is 0 Å². The van der Waals surface area contributed by atoms with Crippen molar-refractivity contribution in [3.8, 4) is 5.75 Å². The molecule has 0 spiro atoms. The number of aromatic nitrogens is 1. The summed E-state index contributed by atoms with van der Waals surface area (Å²) in [6.07, 6.45) is 9.95. The Morgan fingerprint density at radius 1 is 1.04 bits per heavy atom. The first-order valence-electron chi connectivity index (χ1n) is 8.77. The van der Waals surface area contributed by atoms with E-state index in [0.717, 1.165) is 30.6 Å². The summed E-state index contributed by atoms with van der Waals surface area (Å²) < 4.78 is 5.92. The molecule has 3 heteroatoms. The molecular formula is C20H26N2O. The lowest BCUT2D eigenvalue weighted by atomic mass is 9.87. The fourth-order valence-corrected chi connectivity index (χ4v) is 3.21. The van der Waals surface area contributed by atoms with Gasteiger partial charge in [0.1, 0.15) is 11.6 Å². The fourth-order valence-electron chi connectivity index (χ4n) is 3.21. The molecule has 0 saturated heterocycles. The van der Waals surface area contributed by atoms with Crippen LogP contribution in [0, 0.1) is 5.92 Å². The number of pyridine rings is 1. The molecule has 1 N–H and O–H groups in total. The van der Waals surface area contributed by atoms with Gasteiger partial charge in [-0.05, 0) is 24.0 Å². The minimum Gasteiger partial charge on any atom is -0.493 e. The van der Waals surface area contributed by atoms with Crippen LogP contribution in [0.2, 0.25) is 0 Å². The summed E-state index contributed by atoms with van der Waals surface area (Å²) in [6.45, 7) is 1.59. The van der Waals surface area contributed by atoms with Gasteiger partial charge < -0.3 is 10.1 Å². The van der Waals surface area contributed by atoms with E-state index in [1.807, 2.05) is 24.4 Å². The quantitative estimate of drug-likeness (QED) is 0.777. The molecule has 1 aromatic heterocycles. The summed E-state index contributed by atoms with van der Waals surface area (Å²) in [5, 5.41) is 3.35. The van der Waals surface area contributed by atoms with Crippen LogP contribution in [0.15, 0.2) is 48.7 Å². The first kappa shape index (κ1) is 15.9. The van der Waals surface area contributed by atoms with Crippen molar-refractivity contribution in [1.29, 1.82) is 0 Å². The predicted molar refractivity (Wildman–Crippen MR) is 94.7 cm³/mol. The number of hydrogen-bond acceptors (Lipinski definition) is 3. The molecule has 122 valence electrons. The Kier molecular flexibility index (Phi) is 5.90. The molecule has 23 heavy (non-hydrogen) atoms. The number of nitrogens with one attached hydrogen (secondary N) is 1. The number of rotatable bonds is 7. The van der Waals surface area contributed by atoms with Crippen molar-refractivity contribution in [3.05, 3.63) is 54.2 Å². The van der Waals surface area contributed by atoms with E-state index < -0.39 is 0 Å². The first-order chi connectivity index (χ1) is 11.4. The molecular weight excluding hydrogens is 284 g/mol. The lowest BCUT2D eigenvalue weighted by Crippen LogP contribution is -2.11. The van der Waals surface area contributed by atoms with Crippen LogP contribution >= 0.6 is 0 Å². The Bertz CT molecular complexity index is 579. The molecule has 1 fully saturated rings. The zero-order chi connectivity index (χ0) is 15.7. The minimum atomic E-state index is 0.777. The van der Waals surface area contributed by atoms with Crippen molar-refractivity contribution in [3.63, 3.8) is 0 Å². The van der Waals surface area contributed by atoms with Crippen LogP contribution in [0.5, 0.6) is 5.75 Å². The Balaban J connectivity index is 1.45. The highest BCUT2D eigenvalue weighted by Crippen LogP contribution is 2.26. The molecule has 0 atom stereocenters. The van der Waals surface area contributed by atoms with Crippen molar-refractivity contribution in [2.24, 2.45) is 5.92 Å². The maximum atomic E-state index is 5.92. The molecule has 0 unspecified atom stereocenters. The second kappa shape index (κ2) is 8.56. The summed E-state index contributed by atoms with van der Waals surface area (Å²) in [4.78, 5) is 4.36. The van der Waals surface area contributed by atoms with Crippen LogP contribution < -0.4 is 10.1 Å². The molecule has 1 saturated carbocycles. The predicted octanol–water partition coefficient (Wildman–Crippen LogP) is 5.04. The molecule has 1 heterocycles. The maximum absolute atomic E-state index is 5.92. The number of benzene rings is 1. The number of hydrogen-bond donors (Lipinski definition) is 1. The molecule has 0 bridgehead atoms. The fraction of sp³-hybridized carbons (Fsp3) is 0.450. The maximum Gasteiger partial charge on any atom is 0.129 e. The topological polar surface area (TPSA) is 34.1 Å². The lowest BCUT2D eigenvalue weighted by Gasteiger charge is -2.21. The summed E-state index contributed by atoms with van der Waals surface area (Å²) in [6, 6.07) is 14.3. The van der Waals surface area contributed by atoms with E-state index >= 15 is 0 Å². The Hall–Kier alpha value is -2.03. The Morgan fingerprint density at radius 2 is 1.87 bits per heavy atom. The Labute approximate surface area is 139 Å². The minimum absolute atomic E-state index is 0.777. The van der Waals surface area contributed by atoms with Crippen molar-refractivity contribution in [2.75, 3.05) is 11.9 Å². The zero-order valence-corrected chi connectivity index (χ0v) is 13.7. The van der Waals surface area contributed by atoms with Gasteiger partial charge in [0.15, 0.2) is 0 Å². The van der Waals surface area contributed by atoms with Gasteiger partial charge in [0, 0.05) is 18.8 Å². The number of nitrogens with zero attached hydrogens (tertiary/aromatic N) is 1. The average Bonchev–Trinajstić information content (AvgIpc) is 2.62. The van der Waals surface area contributed by atoms with Gasteiger partial charge in [0.25, 0.3) is 0 Å². The second-order valence-electron chi connectivity index (χ2n) is 6.36. The zero-order valence-electron chi connectivity index (χ0n) is 13.7. The van der Waals surface area contributed by atoms with E-state index in [-0.39, 0.29) is 0 Å². The van der Waals surface area contributed by atoms with Gasteiger partial charge in [-0.2, -0.15) is 0 Å². The van der Waals surface area contributed by atoms with Gasteiger partial charge in [-0.15, -0.1) is 0 Å². The molecule has 0 radical (unpaired) electrons. The SMILES string of the molecule is c1ccc(CNc2cc(OCCC3CCCCC3)ccn2)cc1. The third-order valence-electron chi connectivity index (χ3n) is 4.57. The molecule has 1 aliphatic rings. The van der Waals surface area contributed by atoms with Gasteiger partial charge >= 0.3 is 0 Å². The largest absolute Gasteiger partial charge is 0.493 e. The molecule has 0 amide bonds. The van der Waals surface area contributed by atoms with Crippen LogP contribution in [0.4, 0.5) is 5.82 Å². The summed E-state index contributed by atoms with van der Waals surface area (Å²) in [5.74, 6) is 2.64. The van der Waals surface area contributed by atoms with Crippen LogP contribution in [-0.2, 0) is 6.54 Å². The molecule has 1 aromatic carbocycles. The standard InChI is InChI=1S/C20H26N2O/c1-3-7-17(8-4-1)12-14-23-19-11-13-21-20(15-19)22-16-18-9-5-2-6-10-18/h2,5-6,9-11,13,15,17H,1,3-4,7-8,12,14,16H2,(H,21,22). The lowest BCUT2D eigenvalue weighted by molar-refractivity contribution is 0.246. The summed E-state index contributed by atoms with van der Waals surface area (Å²) in [5.41, 5.74) is 1.25. The van der Waals surface area contributed by atoms with Crippen LogP contribution in [0.1, 0.15) is 44.1 Å². The highest BCUT2D eigenvalue weighted by Gasteiger charge is 2.13. The number of ether oxygens (including phenoxy) is 1. The van der Waals surface area contributed by atoms with Crippen molar-refractivity contribution < 1.29 is 4.74 Å². The van der Waals surface area contributed by atoms with Crippen LogP contribution in [0.25, 0.3) is 0 Å². The molecule has 3 rings (SSSR count). The molecule has 3 nitrogen and oxygen atoms in total. The first-order valence-corrected chi connectivity index (χ1v) is 8.77. The monoisotopic (exact) mass is 310 g/mol. The number of anilines is 1. The Morgan fingerprint density at radius 3 is 2.70 bits per heavy atom. The molecule has 0 aliphatic heterocycles. The summed E-state index contributed by atoms with van der Waals surface area (Å²) in [7, 11) is 0. The third-order valence-corrected chi connectivity index (χ3v) is 4.57. The van der Waals surface area contributed by atoms with Crippen LogP contribution in [-0.4, -0.2) is 11.6 Å². The van der Waals surface area contributed by atoms with Gasteiger partial charge in [0.05, 0.1) is 6.61 Å². The van der Waals surface area contributed by atoms with E-state index in [0.29, 0.717) is 0 Å². The third kappa shape index (κ3) is 5.27. The molecule has 2 aromatic rings. The van der Waals surface area contributed by atoms with E-state index in [1.165, 1.54) is 44.1 Å². The van der Waals surface area contributed by atoms with Gasteiger partial charge in [-0.1, -0.05) is 62.4 Å². The van der Waals surface area contributed by atoms with E-state index in [2.05, 4.69) is 34.6 Å². The highest BCUT2D eigenvalue weighted by atomic mass is 16.5. The van der Waals surface area contributed by atoms with Crippen molar-refractivity contribution in [2.45, 2.75) is 45.1 Å². The average molecular weight is 310 g/mol. The van der Waals surface area contributed by atoms with Crippen LogP contribution in [0.3, 0.4) is 0 Å². The smallest absolute Gasteiger partial charge is 0.129 e. The second-order valence-corrected chi connectivity index (χ2v) is 6.36. The molecule has 1 aliphatic carbocycles. The van der Waals surface area contributed by atoms with E-state index in [4.69, 9.17) is 4.74 Å². The van der Waals surface area contributed by atoms with E-state index in [9.17, 15) is 0 Å². The van der Waals surface area contributed by atoms with Crippen molar-refractivity contribution in [1.82, 2.24) is 4.98 Å².